The number of nitrogens with zero attached hydrogens (tertiary/aromatic N) is 5. The van der Waals surface area contributed by atoms with Gasteiger partial charge >= 0.3 is 0 Å². The Kier molecular flexibility index (Phi) is 4.67. The van der Waals surface area contributed by atoms with E-state index in [4.69, 9.17) is 19.3 Å². The number of rotatable bonds is 4. The Labute approximate surface area is 158 Å². The molecule has 27 heavy (non-hydrogen) atoms. The van der Waals surface area contributed by atoms with Crippen molar-refractivity contribution < 1.29 is 14.2 Å². The van der Waals surface area contributed by atoms with Gasteiger partial charge in [0.15, 0.2) is 17.3 Å². The molecule has 0 radical (unpaired) electrons. The van der Waals surface area contributed by atoms with Gasteiger partial charge in [0.1, 0.15) is 0 Å². The van der Waals surface area contributed by atoms with E-state index in [-0.39, 0.29) is 12.8 Å². The summed E-state index contributed by atoms with van der Waals surface area (Å²) in [6.07, 6.45) is 6.09. The van der Waals surface area contributed by atoms with E-state index in [0.29, 0.717) is 6.04 Å². The van der Waals surface area contributed by atoms with Gasteiger partial charge in [0.25, 0.3) is 0 Å². The monoisotopic (exact) mass is 371 g/mol. The van der Waals surface area contributed by atoms with Crippen LogP contribution >= 0.6 is 0 Å². The molecule has 144 valence electrons. The number of morpholine rings is 1. The molecule has 5 rings (SSSR count). The highest BCUT2D eigenvalue weighted by Gasteiger charge is 2.30. The predicted molar refractivity (Wildman–Crippen MR) is 96.7 cm³/mol. The second-order valence-corrected chi connectivity index (χ2v) is 7.42. The van der Waals surface area contributed by atoms with Crippen molar-refractivity contribution in [3.8, 4) is 11.5 Å². The first-order chi connectivity index (χ1) is 13.4. The summed E-state index contributed by atoms with van der Waals surface area (Å²) in [5.74, 6) is 2.32. The van der Waals surface area contributed by atoms with E-state index in [1.54, 1.807) is 0 Å². The van der Waals surface area contributed by atoms with Gasteiger partial charge in [-0.3, -0.25) is 4.90 Å². The first-order valence-corrected chi connectivity index (χ1v) is 9.89. The zero-order valence-corrected chi connectivity index (χ0v) is 15.4. The van der Waals surface area contributed by atoms with Crippen LogP contribution in [0.2, 0.25) is 0 Å². The van der Waals surface area contributed by atoms with Crippen LogP contribution in [0.5, 0.6) is 11.5 Å². The van der Waals surface area contributed by atoms with E-state index in [2.05, 4.69) is 21.3 Å². The number of hydrogen-bond acceptors (Lipinski definition) is 7. The van der Waals surface area contributed by atoms with Crippen molar-refractivity contribution in [2.75, 3.05) is 33.1 Å². The van der Waals surface area contributed by atoms with Crippen molar-refractivity contribution in [1.82, 2.24) is 25.1 Å². The Hall–Kier alpha value is -2.19. The average Bonchev–Trinajstić information content (AvgIpc) is 3.39. The van der Waals surface area contributed by atoms with Crippen LogP contribution in [-0.4, -0.2) is 58.2 Å². The third-order valence-corrected chi connectivity index (χ3v) is 5.71. The van der Waals surface area contributed by atoms with E-state index < -0.39 is 0 Å². The molecular weight excluding hydrogens is 346 g/mol. The largest absolute Gasteiger partial charge is 0.454 e. The lowest BCUT2D eigenvalue weighted by atomic mass is 9.96. The van der Waals surface area contributed by atoms with Crippen LogP contribution in [0.4, 0.5) is 0 Å². The van der Waals surface area contributed by atoms with E-state index in [1.165, 1.54) is 19.3 Å². The lowest BCUT2D eigenvalue weighted by Crippen LogP contribution is -2.40. The molecule has 8 nitrogen and oxygen atoms in total. The van der Waals surface area contributed by atoms with Crippen molar-refractivity contribution in [1.29, 1.82) is 0 Å². The first-order valence-electron chi connectivity index (χ1n) is 9.89. The van der Waals surface area contributed by atoms with Crippen LogP contribution < -0.4 is 9.47 Å². The summed E-state index contributed by atoms with van der Waals surface area (Å²) in [6.45, 7) is 3.40. The van der Waals surface area contributed by atoms with Crippen LogP contribution in [0.25, 0.3) is 0 Å². The Morgan fingerprint density at radius 3 is 2.67 bits per heavy atom. The van der Waals surface area contributed by atoms with Gasteiger partial charge in [-0.05, 0) is 35.8 Å². The number of aromatic nitrogens is 4. The van der Waals surface area contributed by atoms with Gasteiger partial charge in [-0.1, -0.05) is 25.3 Å². The Balaban J connectivity index is 1.47. The van der Waals surface area contributed by atoms with Gasteiger partial charge in [-0.25, -0.2) is 0 Å². The number of fused-ring (bicyclic) bond motifs is 1. The van der Waals surface area contributed by atoms with Crippen molar-refractivity contribution >= 4 is 0 Å². The summed E-state index contributed by atoms with van der Waals surface area (Å²) in [7, 11) is 0. The minimum absolute atomic E-state index is 0.0549. The van der Waals surface area contributed by atoms with E-state index >= 15 is 0 Å². The zero-order chi connectivity index (χ0) is 18.1. The highest BCUT2D eigenvalue weighted by molar-refractivity contribution is 5.46. The molecule has 1 atom stereocenters. The maximum atomic E-state index is 5.59. The van der Waals surface area contributed by atoms with Gasteiger partial charge in [0, 0.05) is 13.1 Å². The fraction of sp³-hybridized carbons (Fsp3) is 0.632. The third-order valence-electron chi connectivity index (χ3n) is 5.71. The number of benzene rings is 1. The Morgan fingerprint density at radius 2 is 1.81 bits per heavy atom. The lowest BCUT2D eigenvalue weighted by molar-refractivity contribution is 0.0223. The van der Waals surface area contributed by atoms with Crippen LogP contribution in [0.3, 0.4) is 0 Å². The molecule has 2 aromatic rings. The van der Waals surface area contributed by atoms with Crippen molar-refractivity contribution in [2.45, 2.75) is 44.2 Å². The summed E-state index contributed by atoms with van der Waals surface area (Å²) < 4.78 is 16.6. The summed E-state index contributed by atoms with van der Waals surface area (Å²) >= 11 is 0. The molecule has 0 N–H and O–H groups in total. The molecule has 0 spiro atoms. The first kappa shape index (κ1) is 16.9. The molecule has 0 bridgehead atoms. The molecular formula is C19H25N5O3. The quantitative estimate of drug-likeness (QED) is 0.816. The van der Waals surface area contributed by atoms with Gasteiger partial charge in [0.05, 0.1) is 25.3 Å². The zero-order valence-electron chi connectivity index (χ0n) is 15.4. The van der Waals surface area contributed by atoms with Crippen molar-refractivity contribution in [2.24, 2.45) is 0 Å². The summed E-state index contributed by atoms with van der Waals surface area (Å²) in [4.78, 5) is 4.21. The maximum absolute atomic E-state index is 5.59. The van der Waals surface area contributed by atoms with Gasteiger partial charge < -0.3 is 14.2 Å². The van der Waals surface area contributed by atoms with E-state index in [0.717, 1.165) is 62.0 Å². The molecule has 8 heteroatoms. The number of tetrazole rings is 1. The van der Waals surface area contributed by atoms with Gasteiger partial charge in [-0.2, -0.15) is 4.80 Å². The van der Waals surface area contributed by atoms with Gasteiger partial charge in [0.2, 0.25) is 6.79 Å². The molecule has 0 unspecified atom stereocenters. The van der Waals surface area contributed by atoms with Crippen molar-refractivity contribution in [3.05, 3.63) is 29.6 Å². The SMILES string of the molecule is c1cc2c(cc1[C@@H](c1nnn(C3CCCCC3)n1)N1CCOCC1)OCO2. The van der Waals surface area contributed by atoms with Gasteiger partial charge in [-0.15, -0.1) is 10.2 Å². The molecule has 2 aliphatic heterocycles. The fourth-order valence-electron chi connectivity index (χ4n) is 4.25. The molecule has 3 heterocycles. The normalized spacial score (nSPS) is 22.1. The molecule has 1 saturated heterocycles. The second kappa shape index (κ2) is 7.44. The summed E-state index contributed by atoms with van der Waals surface area (Å²) in [5, 5.41) is 13.7. The average molecular weight is 371 g/mol. The highest BCUT2D eigenvalue weighted by atomic mass is 16.7. The second-order valence-electron chi connectivity index (χ2n) is 7.42. The predicted octanol–water partition coefficient (Wildman–Crippen LogP) is 2.33. The minimum Gasteiger partial charge on any atom is -0.454 e. The number of hydrogen-bond donors (Lipinski definition) is 0. The third kappa shape index (κ3) is 3.39. The van der Waals surface area contributed by atoms with E-state index in [9.17, 15) is 0 Å². The lowest BCUT2D eigenvalue weighted by Gasteiger charge is -2.33. The van der Waals surface area contributed by atoms with E-state index in [1.807, 2.05) is 16.9 Å². The summed E-state index contributed by atoms with van der Waals surface area (Å²) in [5.41, 5.74) is 1.10. The molecule has 1 saturated carbocycles. The molecule has 1 aromatic carbocycles. The fourth-order valence-corrected chi connectivity index (χ4v) is 4.25. The molecule has 1 aliphatic carbocycles. The standard InChI is InChI=1S/C19H25N5O3/c1-2-4-15(5-3-1)24-21-19(20-22-24)18(23-8-10-25-11-9-23)14-6-7-16-17(12-14)27-13-26-16/h6-7,12,15,18H,1-5,8-11,13H2/t18-/m0/s1. The minimum atomic E-state index is -0.0549. The topological polar surface area (TPSA) is 74.5 Å². The molecule has 3 aliphatic rings. The Bertz CT molecular complexity index is 783. The Morgan fingerprint density at radius 1 is 1.00 bits per heavy atom. The molecule has 1 aromatic heterocycles. The maximum Gasteiger partial charge on any atom is 0.231 e. The van der Waals surface area contributed by atoms with Crippen LogP contribution in [-0.2, 0) is 4.74 Å². The van der Waals surface area contributed by atoms with Crippen LogP contribution in [0, 0.1) is 0 Å². The summed E-state index contributed by atoms with van der Waals surface area (Å²) in [6, 6.07) is 6.41. The number of ether oxygens (including phenoxy) is 3. The van der Waals surface area contributed by atoms with Crippen LogP contribution in [0.15, 0.2) is 18.2 Å². The molecule has 2 fully saturated rings. The van der Waals surface area contributed by atoms with Crippen LogP contribution in [0.1, 0.15) is 55.6 Å². The highest BCUT2D eigenvalue weighted by Crippen LogP contribution is 2.37. The molecule has 0 amide bonds. The van der Waals surface area contributed by atoms with Crippen molar-refractivity contribution in [3.63, 3.8) is 0 Å². The smallest absolute Gasteiger partial charge is 0.231 e.